The molecule has 2 aromatic carbocycles. The van der Waals surface area contributed by atoms with Gasteiger partial charge in [-0.05, 0) is 63.2 Å². The summed E-state index contributed by atoms with van der Waals surface area (Å²) >= 11 is 6.05. The standard InChI is InChI=1S/C29H29ClFN5O3/c1-29(2,3)39-28(37)36-12-9-20(10-13-36)38-21-5-6-22-25(8-11-32-26(22)16-21)34-19-15-27(35-33-17-19)23-14-18(30)4-7-24(23)31/h4-8,11,14-17,20H,9-10,12-13H2,1-3H3,(H,32,34,35). The van der Waals surface area contributed by atoms with Crippen molar-refractivity contribution in [1.29, 1.82) is 0 Å². The third kappa shape index (κ3) is 6.54. The van der Waals surface area contributed by atoms with Gasteiger partial charge in [-0.15, -0.1) is 0 Å². The van der Waals surface area contributed by atoms with Gasteiger partial charge in [-0.25, -0.2) is 9.18 Å². The van der Waals surface area contributed by atoms with E-state index in [1.807, 2.05) is 45.0 Å². The highest BCUT2D eigenvalue weighted by Gasteiger charge is 2.27. The van der Waals surface area contributed by atoms with Gasteiger partial charge in [0.2, 0.25) is 0 Å². The fourth-order valence-corrected chi connectivity index (χ4v) is 4.57. The van der Waals surface area contributed by atoms with E-state index >= 15 is 0 Å². The molecule has 0 saturated carbocycles. The van der Waals surface area contributed by atoms with Crippen molar-refractivity contribution in [3.63, 3.8) is 0 Å². The number of piperidine rings is 1. The number of anilines is 2. The van der Waals surface area contributed by atoms with Crippen LogP contribution in [0.3, 0.4) is 0 Å². The summed E-state index contributed by atoms with van der Waals surface area (Å²) in [6.45, 7) is 6.76. The first-order valence-corrected chi connectivity index (χ1v) is 13.1. The molecule has 0 radical (unpaired) electrons. The monoisotopic (exact) mass is 549 g/mol. The zero-order valence-corrected chi connectivity index (χ0v) is 22.7. The fourth-order valence-electron chi connectivity index (χ4n) is 4.40. The Morgan fingerprint density at radius 1 is 1.10 bits per heavy atom. The number of fused-ring (bicyclic) bond motifs is 1. The highest BCUT2D eigenvalue weighted by atomic mass is 35.5. The normalized spacial score (nSPS) is 14.3. The lowest BCUT2D eigenvalue weighted by molar-refractivity contribution is 0.0127. The molecule has 202 valence electrons. The number of hydrogen-bond donors (Lipinski definition) is 1. The molecule has 1 saturated heterocycles. The van der Waals surface area contributed by atoms with Gasteiger partial charge in [0.15, 0.2) is 0 Å². The second-order valence-corrected chi connectivity index (χ2v) is 10.8. The lowest BCUT2D eigenvalue weighted by Gasteiger charge is -2.33. The maximum atomic E-state index is 14.4. The van der Waals surface area contributed by atoms with Gasteiger partial charge in [-0.2, -0.15) is 10.2 Å². The predicted molar refractivity (Wildman–Crippen MR) is 149 cm³/mol. The Labute approximate surface area is 231 Å². The summed E-state index contributed by atoms with van der Waals surface area (Å²) in [6, 6.07) is 13.6. The van der Waals surface area contributed by atoms with Gasteiger partial charge in [0.1, 0.15) is 23.3 Å². The van der Waals surface area contributed by atoms with Gasteiger partial charge in [-0.1, -0.05) is 11.6 Å². The number of aromatic nitrogens is 3. The van der Waals surface area contributed by atoms with Gasteiger partial charge >= 0.3 is 6.09 Å². The summed E-state index contributed by atoms with van der Waals surface area (Å²) in [5, 5.41) is 12.7. The van der Waals surface area contributed by atoms with Gasteiger partial charge < -0.3 is 19.7 Å². The maximum absolute atomic E-state index is 14.4. The third-order valence-electron chi connectivity index (χ3n) is 6.25. The molecule has 0 bridgehead atoms. The number of carbonyl (C=O) groups excluding carboxylic acids is 1. The van der Waals surface area contributed by atoms with Gasteiger partial charge in [0.25, 0.3) is 0 Å². The highest BCUT2D eigenvalue weighted by molar-refractivity contribution is 6.30. The number of pyridine rings is 1. The van der Waals surface area contributed by atoms with Crippen LogP contribution in [0.1, 0.15) is 33.6 Å². The van der Waals surface area contributed by atoms with E-state index in [1.54, 1.807) is 23.4 Å². The first-order chi connectivity index (χ1) is 18.6. The van der Waals surface area contributed by atoms with Crippen LogP contribution in [0.4, 0.5) is 20.6 Å². The van der Waals surface area contributed by atoms with Gasteiger partial charge in [0, 0.05) is 59.9 Å². The molecule has 5 rings (SSSR count). The largest absolute Gasteiger partial charge is 0.490 e. The zero-order valence-electron chi connectivity index (χ0n) is 21.9. The van der Waals surface area contributed by atoms with Crippen LogP contribution in [0.5, 0.6) is 5.75 Å². The molecule has 0 aliphatic carbocycles. The molecule has 39 heavy (non-hydrogen) atoms. The molecule has 1 aliphatic heterocycles. The summed E-state index contributed by atoms with van der Waals surface area (Å²) < 4.78 is 26.1. The van der Waals surface area contributed by atoms with Crippen LogP contribution < -0.4 is 10.1 Å². The highest BCUT2D eigenvalue weighted by Crippen LogP contribution is 2.31. The minimum absolute atomic E-state index is 0.00403. The summed E-state index contributed by atoms with van der Waals surface area (Å²) in [5.41, 5.74) is 2.34. The molecule has 8 nitrogen and oxygen atoms in total. The number of nitrogens with one attached hydrogen (secondary N) is 1. The van der Waals surface area contributed by atoms with E-state index in [2.05, 4.69) is 20.5 Å². The van der Waals surface area contributed by atoms with E-state index in [4.69, 9.17) is 21.1 Å². The van der Waals surface area contributed by atoms with E-state index in [-0.39, 0.29) is 17.8 Å². The lowest BCUT2D eigenvalue weighted by atomic mass is 10.1. The SMILES string of the molecule is CC(C)(C)OC(=O)N1CCC(Oc2ccc3c(Nc4cnnc(-c5cc(Cl)ccc5F)c4)ccnc3c2)CC1. The Bertz CT molecular complexity index is 1500. The first kappa shape index (κ1) is 26.6. The second-order valence-electron chi connectivity index (χ2n) is 10.4. The van der Waals surface area contributed by atoms with Crippen molar-refractivity contribution in [1.82, 2.24) is 20.1 Å². The van der Waals surface area contributed by atoms with Crippen LogP contribution in [0.2, 0.25) is 5.02 Å². The molecule has 0 unspecified atom stereocenters. The number of amides is 1. The van der Waals surface area contributed by atoms with Crippen molar-refractivity contribution in [2.75, 3.05) is 18.4 Å². The molecule has 0 atom stereocenters. The summed E-state index contributed by atoms with van der Waals surface area (Å²) in [7, 11) is 0. The Kier molecular flexibility index (Phi) is 7.52. The Morgan fingerprint density at radius 2 is 1.90 bits per heavy atom. The molecular formula is C29H29ClFN5O3. The van der Waals surface area contributed by atoms with E-state index in [0.717, 1.165) is 29.4 Å². The second kappa shape index (κ2) is 11.0. The molecule has 4 aromatic rings. The molecule has 0 spiro atoms. The first-order valence-electron chi connectivity index (χ1n) is 12.7. The average molecular weight is 550 g/mol. The number of carbonyl (C=O) groups is 1. The van der Waals surface area contributed by atoms with E-state index in [0.29, 0.717) is 35.2 Å². The molecule has 1 fully saturated rings. The predicted octanol–water partition coefficient (Wildman–Crippen LogP) is 7.01. The zero-order chi connectivity index (χ0) is 27.6. The van der Waals surface area contributed by atoms with E-state index in [9.17, 15) is 9.18 Å². The van der Waals surface area contributed by atoms with Crippen LogP contribution in [0.25, 0.3) is 22.2 Å². The quantitative estimate of drug-likeness (QED) is 0.286. The molecule has 2 aromatic heterocycles. The minimum Gasteiger partial charge on any atom is -0.490 e. The number of halogens is 2. The average Bonchev–Trinajstić information content (AvgIpc) is 2.90. The van der Waals surface area contributed by atoms with Crippen molar-refractivity contribution in [3.05, 3.63) is 71.8 Å². The van der Waals surface area contributed by atoms with E-state index in [1.165, 1.54) is 18.2 Å². The molecule has 10 heteroatoms. The summed E-state index contributed by atoms with van der Waals surface area (Å²) in [6.07, 6.45) is 4.42. The van der Waals surface area contributed by atoms with Crippen LogP contribution in [-0.2, 0) is 4.74 Å². The Balaban J connectivity index is 1.27. The van der Waals surface area contributed by atoms with Gasteiger partial charge in [-0.3, -0.25) is 4.98 Å². The van der Waals surface area contributed by atoms with Crippen LogP contribution >= 0.6 is 11.6 Å². The maximum Gasteiger partial charge on any atom is 0.410 e. The van der Waals surface area contributed by atoms with Gasteiger partial charge in [0.05, 0.1) is 23.1 Å². The number of rotatable bonds is 5. The number of nitrogens with zero attached hydrogens (tertiary/aromatic N) is 4. The Morgan fingerprint density at radius 3 is 2.67 bits per heavy atom. The summed E-state index contributed by atoms with van der Waals surface area (Å²) in [5.74, 6) is 0.287. The molecular weight excluding hydrogens is 521 g/mol. The number of hydrogen-bond acceptors (Lipinski definition) is 7. The number of likely N-dealkylation sites (tertiary alicyclic amines) is 1. The minimum atomic E-state index is -0.513. The fraction of sp³-hybridized carbons (Fsp3) is 0.310. The molecule has 1 amide bonds. The molecule has 1 aliphatic rings. The topological polar surface area (TPSA) is 89.5 Å². The number of benzene rings is 2. The molecule has 3 heterocycles. The number of ether oxygens (including phenoxy) is 2. The van der Waals surface area contributed by atoms with Crippen molar-refractivity contribution < 1.29 is 18.7 Å². The van der Waals surface area contributed by atoms with Crippen LogP contribution in [-0.4, -0.2) is 51.0 Å². The van der Waals surface area contributed by atoms with Crippen LogP contribution in [0, 0.1) is 5.82 Å². The van der Waals surface area contributed by atoms with Crippen LogP contribution in [0.15, 0.2) is 60.9 Å². The lowest BCUT2D eigenvalue weighted by Crippen LogP contribution is -2.44. The smallest absolute Gasteiger partial charge is 0.410 e. The third-order valence-corrected chi connectivity index (χ3v) is 6.48. The Hall–Kier alpha value is -3.98. The summed E-state index contributed by atoms with van der Waals surface area (Å²) in [4.78, 5) is 18.6. The molecule has 1 N–H and O–H groups in total. The van der Waals surface area contributed by atoms with Crippen molar-refractivity contribution >= 4 is 40.0 Å². The van der Waals surface area contributed by atoms with Crippen molar-refractivity contribution in [2.45, 2.75) is 45.3 Å². The van der Waals surface area contributed by atoms with Crippen molar-refractivity contribution in [2.24, 2.45) is 0 Å². The van der Waals surface area contributed by atoms with E-state index < -0.39 is 11.4 Å². The van der Waals surface area contributed by atoms with Crippen molar-refractivity contribution in [3.8, 4) is 17.0 Å².